The minimum absolute atomic E-state index is 0.0246. The maximum absolute atomic E-state index is 9.95. The van der Waals surface area contributed by atoms with Gasteiger partial charge in [-0.05, 0) is 89.3 Å². The minimum atomic E-state index is 0.0246. The highest BCUT2D eigenvalue weighted by atomic mass is 16.3. The topological polar surface area (TPSA) is 78.5 Å². The fourth-order valence-electron chi connectivity index (χ4n) is 4.32. The van der Waals surface area contributed by atoms with Gasteiger partial charge in [0.25, 0.3) is 0 Å². The summed E-state index contributed by atoms with van der Waals surface area (Å²) in [6, 6.07) is 29.5. The summed E-state index contributed by atoms with van der Waals surface area (Å²) in [5.41, 5.74) is 7.24. The molecule has 0 unspecified atom stereocenters. The van der Waals surface area contributed by atoms with Gasteiger partial charge in [0, 0.05) is 16.7 Å². The van der Waals surface area contributed by atoms with E-state index in [0.29, 0.717) is 0 Å². The smallest absolute Gasteiger partial charge is 0.115 e. The second-order valence-corrected chi connectivity index (χ2v) is 9.92. The first-order chi connectivity index (χ1) is 17.2. The molecule has 0 amide bonds. The summed E-state index contributed by atoms with van der Waals surface area (Å²) < 4.78 is 1.92. The van der Waals surface area contributed by atoms with Crippen molar-refractivity contribution in [3.8, 4) is 56.6 Å². The highest BCUT2D eigenvalue weighted by Gasteiger charge is 2.24. The molecule has 0 atom stereocenters. The molecule has 0 fully saturated rings. The van der Waals surface area contributed by atoms with E-state index >= 15 is 0 Å². The van der Waals surface area contributed by atoms with E-state index in [4.69, 9.17) is 5.10 Å². The van der Waals surface area contributed by atoms with Crippen LogP contribution >= 0.6 is 0 Å². The van der Waals surface area contributed by atoms with Crippen LogP contribution in [-0.2, 0) is 5.41 Å². The molecule has 180 valence electrons. The predicted octanol–water partition coefficient (Wildman–Crippen LogP) is 7.29. The Balaban J connectivity index is 1.83. The molecule has 0 bridgehead atoms. The third kappa shape index (κ3) is 4.43. The lowest BCUT2D eigenvalue weighted by molar-refractivity contribution is 0.475. The number of hydrogen-bond donors (Lipinski definition) is 3. The van der Waals surface area contributed by atoms with Gasteiger partial charge >= 0.3 is 0 Å². The van der Waals surface area contributed by atoms with Crippen LogP contribution in [0.15, 0.2) is 97.1 Å². The van der Waals surface area contributed by atoms with Crippen molar-refractivity contribution in [1.82, 2.24) is 9.78 Å². The van der Waals surface area contributed by atoms with Gasteiger partial charge in [0.05, 0.1) is 11.4 Å². The Hall–Kier alpha value is -4.51. The number of aromatic nitrogens is 2. The van der Waals surface area contributed by atoms with E-state index in [1.54, 1.807) is 36.4 Å². The molecule has 5 nitrogen and oxygen atoms in total. The van der Waals surface area contributed by atoms with Gasteiger partial charge in [-0.25, -0.2) is 4.68 Å². The van der Waals surface area contributed by atoms with Crippen molar-refractivity contribution in [2.45, 2.75) is 26.2 Å². The number of benzene rings is 4. The molecule has 0 radical (unpaired) electrons. The normalized spacial score (nSPS) is 11.5. The van der Waals surface area contributed by atoms with Crippen molar-refractivity contribution in [2.75, 3.05) is 0 Å². The molecule has 1 heterocycles. The van der Waals surface area contributed by atoms with E-state index in [2.05, 4.69) is 45.0 Å². The molecule has 1 aromatic heterocycles. The summed E-state index contributed by atoms with van der Waals surface area (Å²) in [7, 11) is 0. The molecule has 0 aliphatic rings. The van der Waals surface area contributed by atoms with Gasteiger partial charge in [0.2, 0.25) is 0 Å². The number of hydrogen-bond acceptors (Lipinski definition) is 4. The molecule has 5 rings (SSSR count). The van der Waals surface area contributed by atoms with Crippen molar-refractivity contribution in [2.24, 2.45) is 0 Å². The molecular weight excluding hydrogens is 448 g/mol. The molecular formula is C31H28N2O3. The van der Waals surface area contributed by atoms with Gasteiger partial charge in [-0.3, -0.25) is 0 Å². The van der Waals surface area contributed by atoms with E-state index in [9.17, 15) is 15.3 Å². The van der Waals surface area contributed by atoms with Gasteiger partial charge in [-0.15, -0.1) is 0 Å². The zero-order valence-corrected chi connectivity index (χ0v) is 20.5. The van der Waals surface area contributed by atoms with Crippen LogP contribution in [0.5, 0.6) is 17.2 Å². The number of rotatable bonds is 4. The van der Waals surface area contributed by atoms with E-state index in [0.717, 1.165) is 39.3 Å². The Bertz CT molecular complexity index is 1490. The van der Waals surface area contributed by atoms with Crippen LogP contribution in [0.4, 0.5) is 0 Å². The lowest BCUT2D eigenvalue weighted by atomic mass is 9.87. The Morgan fingerprint density at radius 1 is 0.556 bits per heavy atom. The van der Waals surface area contributed by atoms with E-state index < -0.39 is 0 Å². The van der Waals surface area contributed by atoms with Crippen molar-refractivity contribution in [3.63, 3.8) is 0 Å². The molecule has 0 spiro atoms. The summed E-state index contributed by atoms with van der Waals surface area (Å²) in [5.74, 6) is 0.548. The van der Waals surface area contributed by atoms with Crippen LogP contribution in [0, 0.1) is 0 Å². The second-order valence-electron chi connectivity index (χ2n) is 9.92. The number of phenolic OH excluding ortho intramolecular Hbond substituents is 3. The summed E-state index contributed by atoms with van der Waals surface area (Å²) in [6.07, 6.45) is 0. The van der Waals surface area contributed by atoms with Gasteiger partial charge in [-0.2, -0.15) is 5.10 Å². The largest absolute Gasteiger partial charge is 0.508 e. The standard InChI is InChI=1S/C31H28N2O3/c1-31(2,3)23-10-12-24(13-11-23)33-30(22-8-18-27(36)19-9-22)28(20-4-14-25(34)15-5-20)29(32-33)21-6-16-26(35)17-7-21/h4-19,34-36H,1-3H3. The monoisotopic (exact) mass is 476 g/mol. The van der Waals surface area contributed by atoms with Crippen LogP contribution in [0.25, 0.3) is 39.3 Å². The molecule has 3 N–H and O–H groups in total. The Labute approximate surface area is 210 Å². The zero-order chi connectivity index (χ0) is 25.4. The van der Waals surface area contributed by atoms with Crippen LogP contribution < -0.4 is 0 Å². The highest BCUT2D eigenvalue weighted by molar-refractivity contribution is 5.92. The molecule has 4 aromatic carbocycles. The molecule has 36 heavy (non-hydrogen) atoms. The fourth-order valence-corrected chi connectivity index (χ4v) is 4.32. The summed E-state index contributed by atoms with van der Waals surface area (Å²) in [5, 5.41) is 34.8. The lowest BCUT2D eigenvalue weighted by Gasteiger charge is -2.19. The molecule has 5 heteroatoms. The maximum atomic E-state index is 9.95. The Morgan fingerprint density at radius 2 is 1.00 bits per heavy atom. The molecule has 0 saturated heterocycles. The first kappa shape index (κ1) is 23.2. The first-order valence-corrected chi connectivity index (χ1v) is 11.8. The summed E-state index contributed by atoms with van der Waals surface area (Å²) in [6.45, 7) is 6.55. The summed E-state index contributed by atoms with van der Waals surface area (Å²) >= 11 is 0. The third-order valence-electron chi connectivity index (χ3n) is 6.30. The van der Waals surface area contributed by atoms with E-state index in [1.807, 2.05) is 41.1 Å². The number of aromatic hydroxyl groups is 3. The fraction of sp³-hybridized carbons (Fsp3) is 0.129. The average molecular weight is 477 g/mol. The quantitative estimate of drug-likeness (QED) is 0.254. The Morgan fingerprint density at radius 3 is 1.47 bits per heavy atom. The Kier molecular flexibility index (Phi) is 5.77. The van der Waals surface area contributed by atoms with E-state index in [-0.39, 0.29) is 22.7 Å². The molecule has 0 aliphatic carbocycles. The van der Waals surface area contributed by atoms with E-state index in [1.165, 1.54) is 5.56 Å². The SMILES string of the molecule is CC(C)(C)c1ccc(-n2nc(-c3ccc(O)cc3)c(-c3ccc(O)cc3)c2-c2ccc(O)cc2)cc1. The minimum Gasteiger partial charge on any atom is -0.508 e. The summed E-state index contributed by atoms with van der Waals surface area (Å²) in [4.78, 5) is 0. The van der Waals surface area contributed by atoms with Gasteiger partial charge in [-0.1, -0.05) is 45.0 Å². The maximum Gasteiger partial charge on any atom is 0.115 e. The zero-order valence-electron chi connectivity index (χ0n) is 20.5. The van der Waals surface area contributed by atoms with Crippen molar-refractivity contribution >= 4 is 0 Å². The van der Waals surface area contributed by atoms with Gasteiger partial charge in [0.15, 0.2) is 0 Å². The van der Waals surface area contributed by atoms with Crippen LogP contribution in [0.1, 0.15) is 26.3 Å². The highest BCUT2D eigenvalue weighted by Crippen LogP contribution is 2.42. The number of phenols is 3. The molecule has 5 aromatic rings. The van der Waals surface area contributed by atoms with Gasteiger partial charge in [0.1, 0.15) is 22.9 Å². The van der Waals surface area contributed by atoms with Crippen LogP contribution in [0.3, 0.4) is 0 Å². The van der Waals surface area contributed by atoms with Crippen LogP contribution in [-0.4, -0.2) is 25.1 Å². The predicted molar refractivity (Wildman–Crippen MR) is 144 cm³/mol. The number of nitrogens with zero attached hydrogens (tertiary/aromatic N) is 2. The second kappa shape index (κ2) is 8.93. The molecule has 0 saturated carbocycles. The van der Waals surface area contributed by atoms with Crippen molar-refractivity contribution in [3.05, 3.63) is 103 Å². The lowest BCUT2D eigenvalue weighted by Crippen LogP contribution is -2.11. The molecule has 0 aliphatic heterocycles. The van der Waals surface area contributed by atoms with Crippen molar-refractivity contribution in [1.29, 1.82) is 0 Å². The third-order valence-corrected chi connectivity index (χ3v) is 6.30. The van der Waals surface area contributed by atoms with Crippen molar-refractivity contribution < 1.29 is 15.3 Å². The van der Waals surface area contributed by atoms with Crippen LogP contribution in [0.2, 0.25) is 0 Å². The average Bonchev–Trinajstić information content (AvgIpc) is 3.25. The first-order valence-electron chi connectivity index (χ1n) is 11.8. The van der Waals surface area contributed by atoms with Gasteiger partial charge < -0.3 is 15.3 Å².